The Morgan fingerprint density at radius 3 is 2.59 bits per heavy atom. The van der Waals surface area contributed by atoms with Crippen molar-refractivity contribution < 1.29 is 17.6 Å². The van der Waals surface area contributed by atoms with Crippen LogP contribution >= 0.6 is 22.9 Å². The number of amides is 1. The van der Waals surface area contributed by atoms with Gasteiger partial charge in [-0.25, -0.2) is 8.42 Å². The Balaban J connectivity index is 1.41. The molecule has 1 fully saturated rings. The number of carbonyl (C=O) groups excluding carboxylic acids is 1. The van der Waals surface area contributed by atoms with E-state index in [2.05, 4.69) is 15.5 Å². The third-order valence-corrected chi connectivity index (χ3v) is 7.65. The standard InChI is InChI=1S/C18H17ClN4O4S2/c1-23(12-4-5-12)29(25,26)14-7-2-11(3-8-14)17(24)20-18-22-21-16(27-18)10-13-6-9-15(19)28-13/h2-3,6-9,12H,4-5,10H2,1H3,(H,20,22,24). The maximum atomic E-state index is 12.5. The van der Waals surface area contributed by atoms with Crippen molar-refractivity contribution in [2.75, 3.05) is 12.4 Å². The van der Waals surface area contributed by atoms with Gasteiger partial charge in [0.1, 0.15) is 0 Å². The number of carbonyl (C=O) groups is 1. The largest absolute Gasteiger partial charge is 0.407 e. The quantitative estimate of drug-likeness (QED) is 0.588. The Labute approximate surface area is 176 Å². The molecular formula is C18H17ClN4O4S2. The number of halogens is 1. The van der Waals surface area contributed by atoms with Gasteiger partial charge in [0.2, 0.25) is 15.9 Å². The molecule has 1 aliphatic carbocycles. The molecule has 0 aliphatic heterocycles. The van der Waals surface area contributed by atoms with Gasteiger partial charge in [-0.3, -0.25) is 10.1 Å². The predicted octanol–water partition coefficient (Wildman–Crippen LogP) is 3.41. The second kappa shape index (κ2) is 7.86. The van der Waals surface area contributed by atoms with Gasteiger partial charge in [0.05, 0.1) is 15.7 Å². The van der Waals surface area contributed by atoms with E-state index in [9.17, 15) is 13.2 Å². The number of rotatable bonds is 7. The normalized spacial score (nSPS) is 14.3. The van der Waals surface area contributed by atoms with E-state index in [0.29, 0.717) is 16.6 Å². The average molecular weight is 453 g/mol. The molecule has 3 aromatic rings. The lowest BCUT2D eigenvalue weighted by atomic mass is 10.2. The molecule has 8 nitrogen and oxygen atoms in total. The second-order valence-corrected chi connectivity index (χ2v) is 10.4. The van der Waals surface area contributed by atoms with Crippen molar-refractivity contribution in [1.29, 1.82) is 0 Å². The SMILES string of the molecule is CN(C1CC1)S(=O)(=O)c1ccc(C(=O)Nc2nnc(Cc3ccc(Cl)s3)o2)cc1. The van der Waals surface area contributed by atoms with Crippen molar-refractivity contribution in [3.05, 3.63) is 57.1 Å². The van der Waals surface area contributed by atoms with Gasteiger partial charge in [-0.05, 0) is 49.2 Å². The number of hydrogen-bond acceptors (Lipinski definition) is 7. The zero-order chi connectivity index (χ0) is 20.6. The predicted molar refractivity (Wildman–Crippen MR) is 109 cm³/mol. The topological polar surface area (TPSA) is 105 Å². The fourth-order valence-corrected chi connectivity index (χ4v) is 5.21. The lowest BCUT2D eigenvalue weighted by Gasteiger charge is -2.16. The smallest absolute Gasteiger partial charge is 0.322 e. The van der Waals surface area contributed by atoms with Crippen LogP contribution in [0.4, 0.5) is 6.01 Å². The van der Waals surface area contributed by atoms with Crippen LogP contribution in [0.1, 0.15) is 34.0 Å². The van der Waals surface area contributed by atoms with E-state index >= 15 is 0 Å². The van der Waals surface area contributed by atoms with E-state index in [0.717, 1.165) is 17.7 Å². The molecule has 1 aliphatic rings. The number of benzene rings is 1. The molecule has 0 atom stereocenters. The van der Waals surface area contributed by atoms with Crippen molar-refractivity contribution in [3.8, 4) is 0 Å². The monoisotopic (exact) mass is 452 g/mol. The van der Waals surface area contributed by atoms with Gasteiger partial charge in [-0.1, -0.05) is 16.7 Å². The Morgan fingerprint density at radius 2 is 1.97 bits per heavy atom. The van der Waals surface area contributed by atoms with Crippen LogP contribution in [0, 0.1) is 0 Å². The zero-order valence-corrected chi connectivity index (χ0v) is 17.7. The van der Waals surface area contributed by atoms with Gasteiger partial charge in [-0.15, -0.1) is 16.4 Å². The van der Waals surface area contributed by atoms with Crippen LogP contribution < -0.4 is 5.32 Å². The third kappa shape index (κ3) is 4.50. The van der Waals surface area contributed by atoms with Crippen LogP contribution in [-0.4, -0.2) is 41.9 Å². The number of nitrogens with zero attached hydrogens (tertiary/aromatic N) is 3. The molecule has 4 rings (SSSR count). The summed E-state index contributed by atoms with van der Waals surface area (Å²) in [6.07, 6.45) is 2.17. The average Bonchev–Trinajstić information content (AvgIpc) is 3.34. The summed E-state index contributed by atoms with van der Waals surface area (Å²) in [5, 5.41) is 10.2. The summed E-state index contributed by atoms with van der Waals surface area (Å²) in [4.78, 5) is 13.5. The lowest BCUT2D eigenvalue weighted by molar-refractivity contribution is 0.102. The van der Waals surface area contributed by atoms with Crippen molar-refractivity contribution in [3.63, 3.8) is 0 Å². The van der Waals surface area contributed by atoms with Gasteiger partial charge in [-0.2, -0.15) is 4.31 Å². The minimum Gasteiger partial charge on any atom is -0.407 e. The maximum absolute atomic E-state index is 12.5. The minimum atomic E-state index is -3.55. The first-order valence-electron chi connectivity index (χ1n) is 8.79. The first-order valence-corrected chi connectivity index (χ1v) is 11.4. The van der Waals surface area contributed by atoms with Crippen LogP contribution in [0.15, 0.2) is 45.7 Å². The molecule has 0 spiro atoms. The van der Waals surface area contributed by atoms with E-state index in [1.807, 2.05) is 6.07 Å². The summed E-state index contributed by atoms with van der Waals surface area (Å²) in [7, 11) is -1.98. The molecule has 29 heavy (non-hydrogen) atoms. The second-order valence-electron chi connectivity index (χ2n) is 6.61. The molecule has 1 aromatic carbocycles. The first-order chi connectivity index (χ1) is 13.8. The molecular weight excluding hydrogens is 436 g/mol. The molecule has 0 unspecified atom stereocenters. The van der Waals surface area contributed by atoms with E-state index in [4.69, 9.17) is 16.0 Å². The van der Waals surface area contributed by atoms with Crippen molar-refractivity contribution in [2.24, 2.45) is 0 Å². The summed E-state index contributed by atoms with van der Waals surface area (Å²) in [6.45, 7) is 0. The molecule has 2 aromatic heterocycles. The lowest BCUT2D eigenvalue weighted by Crippen LogP contribution is -2.29. The number of anilines is 1. The Morgan fingerprint density at radius 1 is 1.24 bits per heavy atom. The van der Waals surface area contributed by atoms with Gasteiger partial charge < -0.3 is 4.42 Å². The molecule has 0 bridgehead atoms. The van der Waals surface area contributed by atoms with E-state index in [1.54, 1.807) is 13.1 Å². The van der Waals surface area contributed by atoms with Crippen LogP contribution in [0.25, 0.3) is 0 Å². The Hall–Kier alpha value is -2.27. The third-order valence-electron chi connectivity index (χ3n) is 4.50. The van der Waals surface area contributed by atoms with Crippen molar-refractivity contribution in [1.82, 2.24) is 14.5 Å². The van der Waals surface area contributed by atoms with E-state index in [1.165, 1.54) is 39.9 Å². The number of hydrogen-bond donors (Lipinski definition) is 1. The van der Waals surface area contributed by atoms with Crippen LogP contribution in [-0.2, 0) is 16.4 Å². The highest BCUT2D eigenvalue weighted by Gasteiger charge is 2.35. The molecule has 1 amide bonds. The first kappa shape index (κ1) is 20.0. The van der Waals surface area contributed by atoms with Gasteiger partial charge in [0.25, 0.3) is 5.91 Å². The summed E-state index contributed by atoms with van der Waals surface area (Å²) in [5.74, 6) is -0.123. The minimum absolute atomic E-state index is 0.0298. The van der Waals surface area contributed by atoms with Crippen molar-refractivity contribution >= 4 is 44.9 Å². The highest BCUT2D eigenvalue weighted by Crippen LogP contribution is 2.30. The number of aromatic nitrogens is 2. The van der Waals surface area contributed by atoms with Crippen LogP contribution in [0.3, 0.4) is 0 Å². The Bertz CT molecular complexity index is 1140. The fraction of sp³-hybridized carbons (Fsp3) is 0.278. The van der Waals surface area contributed by atoms with Gasteiger partial charge >= 0.3 is 6.01 Å². The number of sulfonamides is 1. The molecule has 0 saturated heterocycles. The highest BCUT2D eigenvalue weighted by molar-refractivity contribution is 7.89. The molecule has 1 saturated carbocycles. The summed E-state index contributed by atoms with van der Waals surface area (Å²) in [6, 6.07) is 9.43. The molecule has 11 heteroatoms. The summed E-state index contributed by atoms with van der Waals surface area (Å²) < 4.78 is 32.5. The van der Waals surface area contributed by atoms with Gasteiger partial charge in [0, 0.05) is 23.5 Å². The zero-order valence-electron chi connectivity index (χ0n) is 15.3. The number of thiophene rings is 1. The van der Waals surface area contributed by atoms with E-state index < -0.39 is 15.9 Å². The van der Waals surface area contributed by atoms with E-state index in [-0.39, 0.29) is 22.5 Å². The molecule has 0 radical (unpaired) electrons. The molecule has 152 valence electrons. The summed E-state index contributed by atoms with van der Waals surface area (Å²) >= 11 is 7.31. The number of nitrogens with one attached hydrogen (secondary N) is 1. The fourth-order valence-electron chi connectivity index (χ4n) is 2.72. The van der Waals surface area contributed by atoms with Crippen LogP contribution in [0.2, 0.25) is 4.34 Å². The maximum Gasteiger partial charge on any atom is 0.322 e. The molecule has 1 N–H and O–H groups in total. The molecule has 2 heterocycles. The highest BCUT2D eigenvalue weighted by atomic mass is 35.5. The van der Waals surface area contributed by atoms with Gasteiger partial charge in [0.15, 0.2) is 0 Å². The van der Waals surface area contributed by atoms with Crippen molar-refractivity contribution in [2.45, 2.75) is 30.2 Å². The Kier molecular flexibility index (Phi) is 5.43. The van der Waals surface area contributed by atoms with Crippen LogP contribution in [0.5, 0.6) is 0 Å². The summed E-state index contributed by atoms with van der Waals surface area (Å²) in [5.41, 5.74) is 0.280.